The molecule has 264 valence electrons. The molecule has 0 radical (unpaired) electrons. The van der Waals surface area contributed by atoms with Crippen LogP contribution in [0.15, 0.2) is 164 Å². The van der Waals surface area contributed by atoms with Gasteiger partial charge in [0.15, 0.2) is 0 Å². The van der Waals surface area contributed by atoms with Crippen molar-refractivity contribution in [3.8, 4) is 39.5 Å². The largest absolute Gasteiger partial charge is 0.278 e. The monoisotopic (exact) mass is 733 g/mol. The molecular weight excluding hydrogens is 699 g/mol. The number of aromatic nitrogens is 3. The number of aryl methyl sites for hydroxylation is 1. The summed E-state index contributed by atoms with van der Waals surface area (Å²) in [4.78, 5) is 12.2. The maximum atomic E-state index is 5.45. The van der Waals surface area contributed by atoms with Gasteiger partial charge >= 0.3 is 0 Å². The highest BCUT2D eigenvalue weighted by Crippen LogP contribution is 2.47. The summed E-state index contributed by atoms with van der Waals surface area (Å²) < 4.78 is 3.65. The zero-order chi connectivity index (χ0) is 36.7. The smallest absolute Gasteiger partial charge is 0.235 e. The van der Waals surface area contributed by atoms with Crippen molar-refractivity contribution in [2.45, 2.75) is 18.8 Å². The number of hydrogen-bond donors (Lipinski definition) is 0. The molecule has 0 saturated carbocycles. The van der Waals surface area contributed by atoms with Crippen molar-refractivity contribution in [3.63, 3.8) is 0 Å². The fourth-order valence-electron chi connectivity index (χ4n) is 9.32. The van der Waals surface area contributed by atoms with E-state index in [0.29, 0.717) is 17.8 Å². The summed E-state index contributed by atoms with van der Waals surface area (Å²) in [5.74, 6) is 1.52. The van der Waals surface area contributed by atoms with Gasteiger partial charge in [-0.15, -0.1) is 11.3 Å². The first-order valence-corrected chi connectivity index (χ1v) is 20.4. The standard InChI is InChI=1S/C52H35N3S/c1-2-10-32(11-3-1)33-18-20-36(21-19-33)51-41-16-8-9-17-44(41)53-52(54-51)55-45-26-23-37(30-42(45)49-39-14-6-4-12-34(39)22-27-46(49)55)38-25-28-47-43(31-38)50-40-15-7-5-13-35(40)24-29-48(50)56-47/h1-8,10-16,18-31,35,40H,9,17H2. The zero-order valence-corrected chi connectivity index (χ0v) is 31.4. The predicted octanol–water partition coefficient (Wildman–Crippen LogP) is 13.8. The highest BCUT2D eigenvalue weighted by atomic mass is 32.1. The summed E-state index contributed by atoms with van der Waals surface area (Å²) in [7, 11) is 0. The summed E-state index contributed by atoms with van der Waals surface area (Å²) in [6.07, 6.45) is 20.1. The third-order valence-electron chi connectivity index (χ3n) is 12.0. The van der Waals surface area contributed by atoms with Gasteiger partial charge in [-0.3, -0.25) is 4.57 Å². The quantitative estimate of drug-likeness (QED) is 0.180. The van der Waals surface area contributed by atoms with Crippen molar-refractivity contribution in [2.24, 2.45) is 5.92 Å². The van der Waals surface area contributed by atoms with Crippen LogP contribution in [-0.2, 0) is 6.42 Å². The molecule has 0 amide bonds. The van der Waals surface area contributed by atoms with Crippen LogP contribution >= 0.6 is 11.3 Å². The summed E-state index contributed by atoms with van der Waals surface area (Å²) >= 11 is 1.91. The second-order valence-electron chi connectivity index (χ2n) is 15.2. The fraction of sp³-hybridized carbons (Fsp3) is 0.0769. The Kier molecular flexibility index (Phi) is 7.05. The molecule has 4 heteroatoms. The molecule has 56 heavy (non-hydrogen) atoms. The maximum Gasteiger partial charge on any atom is 0.235 e. The van der Waals surface area contributed by atoms with E-state index in [1.54, 1.807) is 0 Å². The molecule has 3 heterocycles. The summed E-state index contributed by atoms with van der Waals surface area (Å²) in [5.41, 5.74) is 12.8. The number of hydrogen-bond acceptors (Lipinski definition) is 3. The van der Waals surface area contributed by atoms with Crippen molar-refractivity contribution in [1.82, 2.24) is 14.5 Å². The predicted molar refractivity (Wildman–Crippen MR) is 236 cm³/mol. The molecule has 0 fully saturated rings. The molecule has 0 aliphatic heterocycles. The molecule has 0 N–H and O–H groups in total. The Morgan fingerprint density at radius 2 is 1.34 bits per heavy atom. The number of thiophene rings is 1. The molecular formula is C52H35N3S. The van der Waals surface area contributed by atoms with Gasteiger partial charge in [-0.2, -0.15) is 0 Å². The zero-order valence-electron chi connectivity index (χ0n) is 30.6. The number of rotatable bonds is 4. The second kappa shape index (κ2) is 12.5. The van der Waals surface area contributed by atoms with Crippen LogP contribution in [0.1, 0.15) is 34.0 Å². The van der Waals surface area contributed by atoms with Crippen molar-refractivity contribution < 1.29 is 0 Å². The first kappa shape index (κ1) is 31.7. The van der Waals surface area contributed by atoms with Gasteiger partial charge in [0.1, 0.15) is 0 Å². The van der Waals surface area contributed by atoms with E-state index in [4.69, 9.17) is 9.97 Å². The molecule has 0 bridgehead atoms. The van der Waals surface area contributed by atoms with Crippen LogP contribution in [0.25, 0.3) is 94.3 Å². The Labute approximate surface area is 328 Å². The lowest BCUT2D eigenvalue weighted by Crippen LogP contribution is -2.11. The lowest BCUT2D eigenvalue weighted by Gasteiger charge is -2.25. The number of allylic oxidation sites excluding steroid dienone is 6. The molecule has 9 aromatic rings. The van der Waals surface area contributed by atoms with Gasteiger partial charge in [0.25, 0.3) is 0 Å². The molecule has 0 saturated heterocycles. The topological polar surface area (TPSA) is 30.7 Å². The molecule has 6 aromatic carbocycles. The Morgan fingerprint density at radius 1 is 0.589 bits per heavy atom. The van der Waals surface area contributed by atoms with Gasteiger partial charge in [0, 0.05) is 43.3 Å². The van der Waals surface area contributed by atoms with Crippen LogP contribution in [0.2, 0.25) is 0 Å². The van der Waals surface area contributed by atoms with Crippen LogP contribution in [0.5, 0.6) is 0 Å². The SMILES string of the molecule is C1=CC2C=Cc3sc4ccc(-c5ccc6c(c5)c5c7ccccc7ccc5n6-c5nc6c(c(-c7ccc(-c8ccccc8)cc7)n5)C=CCC6)cc4c3C2C=C1. The van der Waals surface area contributed by atoms with Gasteiger partial charge in [-0.05, 0) is 93.2 Å². The first-order chi connectivity index (χ1) is 27.7. The number of fused-ring (bicyclic) bond motifs is 11. The van der Waals surface area contributed by atoms with Crippen molar-refractivity contribution in [2.75, 3.05) is 0 Å². The minimum Gasteiger partial charge on any atom is -0.278 e. The van der Waals surface area contributed by atoms with Gasteiger partial charge in [0.2, 0.25) is 5.95 Å². The van der Waals surface area contributed by atoms with E-state index >= 15 is 0 Å². The van der Waals surface area contributed by atoms with E-state index < -0.39 is 0 Å². The molecule has 3 nitrogen and oxygen atoms in total. The minimum atomic E-state index is 0.384. The number of benzene rings is 6. The van der Waals surface area contributed by atoms with E-state index in [9.17, 15) is 0 Å². The van der Waals surface area contributed by atoms with E-state index in [1.165, 1.54) is 64.3 Å². The Balaban J connectivity index is 1.05. The summed E-state index contributed by atoms with van der Waals surface area (Å²) in [6, 6.07) is 46.7. The Hall–Kier alpha value is -6.62. The van der Waals surface area contributed by atoms with Crippen LogP contribution in [0.4, 0.5) is 0 Å². The first-order valence-electron chi connectivity index (χ1n) is 19.5. The minimum absolute atomic E-state index is 0.384. The van der Waals surface area contributed by atoms with Crippen LogP contribution < -0.4 is 0 Å². The third-order valence-corrected chi connectivity index (χ3v) is 13.2. The van der Waals surface area contributed by atoms with Crippen LogP contribution in [0, 0.1) is 5.92 Å². The van der Waals surface area contributed by atoms with E-state index in [-0.39, 0.29) is 0 Å². The average Bonchev–Trinajstić information content (AvgIpc) is 3.82. The van der Waals surface area contributed by atoms with E-state index in [2.05, 4.69) is 181 Å². The Bertz CT molecular complexity index is 3190. The average molecular weight is 734 g/mol. The van der Waals surface area contributed by atoms with E-state index in [0.717, 1.165) is 46.4 Å². The second-order valence-corrected chi connectivity index (χ2v) is 16.3. The van der Waals surface area contributed by atoms with Crippen molar-refractivity contribution >= 4 is 66.2 Å². The fourth-order valence-corrected chi connectivity index (χ4v) is 10.5. The van der Waals surface area contributed by atoms with Crippen LogP contribution in [-0.4, -0.2) is 14.5 Å². The molecule has 3 aromatic heterocycles. The summed E-state index contributed by atoms with van der Waals surface area (Å²) in [5, 5.41) is 6.27. The van der Waals surface area contributed by atoms with Crippen molar-refractivity contribution in [1.29, 1.82) is 0 Å². The molecule has 2 unspecified atom stereocenters. The molecule has 0 spiro atoms. The highest BCUT2D eigenvalue weighted by molar-refractivity contribution is 7.20. The molecule has 12 rings (SSSR count). The van der Waals surface area contributed by atoms with Gasteiger partial charge in [0.05, 0.1) is 22.4 Å². The lowest BCUT2D eigenvalue weighted by atomic mass is 9.78. The Morgan fingerprint density at radius 3 is 2.25 bits per heavy atom. The van der Waals surface area contributed by atoms with E-state index in [1.807, 2.05) is 11.3 Å². The van der Waals surface area contributed by atoms with Crippen LogP contribution in [0.3, 0.4) is 0 Å². The van der Waals surface area contributed by atoms with Crippen molar-refractivity contribution in [3.05, 3.63) is 186 Å². The normalized spacial score (nSPS) is 16.9. The third kappa shape index (κ3) is 4.89. The van der Waals surface area contributed by atoms with Gasteiger partial charge in [-0.25, -0.2) is 9.97 Å². The van der Waals surface area contributed by atoms with Gasteiger partial charge in [-0.1, -0.05) is 140 Å². The molecule has 3 aliphatic rings. The summed E-state index contributed by atoms with van der Waals surface area (Å²) in [6.45, 7) is 0. The molecule has 3 aliphatic carbocycles. The highest BCUT2D eigenvalue weighted by Gasteiger charge is 2.28. The lowest BCUT2D eigenvalue weighted by molar-refractivity contribution is 0.700. The number of nitrogens with zero attached hydrogens (tertiary/aromatic N) is 3. The van der Waals surface area contributed by atoms with Gasteiger partial charge < -0.3 is 0 Å². The maximum absolute atomic E-state index is 5.45. The molecule has 2 atom stereocenters.